The van der Waals surface area contributed by atoms with E-state index in [9.17, 15) is 23.1 Å². The zero-order chi connectivity index (χ0) is 23.7. The molecule has 0 radical (unpaired) electrons. The van der Waals surface area contributed by atoms with Gasteiger partial charge in [-0.1, -0.05) is 31.7 Å². The lowest BCUT2D eigenvalue weighted by Crippen LogP contribution is -2.54. The monoisotopic (exact) mass is 471 g/mol. The van der Waals surface area contributed by atoms with Gasteiger partial charge in [0.15, 0.2) is 0 Å². The third-order valence-corrected chi connectivity index (χ3v) is 6.65. The predicted octanol–water partition coefficient (Wildman–Crippen LogP) is 4.72. The highest BCUT2D eigenvalue weighted by molar-refractivity contribution is 5.73. The lowest BCUT2D eigenvalue weighted by molar-refractivity contribution is -0.178. The van der Waals surface area contributed by atoms with Crippen LogP contribution in [0.1, 0.15) is 69.0 Å². The number of rotatable bonds is 12. The molecule has 0 saturated carbocycles. The highest BCUT2D eigenvalue weighted by Crippen LogP contribution is 2.32. The third kappa shape index (κ3) is 8.14. The summed E-state index contributed by atoms with van der Waals surface area (Å²) >= 11 is 0. The molecule has 2 aliphatic rings. The Morgan fingerprint density at radius 2 is 1.91 bits per heavy atom. The van der Waals surface area contributed by atoms with Crippen LogP contribution in [0.3, 0.4) is 0 Å². The Morgan fingerprint density at radius 3 is 2.64 bits per heavy atom. The molecule has 0 aromatic carbocycles. The summed E-state index contributed by atoms with van der Waals surface area (Å²) in [5.41, 5.74) is 2.35. The predicted molar refractivity (Wildman–Crippen MR) is 120 cm³/mol. The largest absolute Gasteiger partial charge is 0.480 e. The van der Waals surface area contributed by atoms with Crippen molar-refractivity contribution in [3.05, 3.63) is 23.4 Å². The summed E-state index contributed by atoms with van der Waals surface area (Å²) in [7, 11) is 0. The van der Waals surface area contributed by atoms with Crippen molar-refractivity contribution in [3.63, 3.8) is 0 Å². The number of hydrogen-bond acceptors (Lipinski definition) is 5. The number of nitrogens with one attached hydrogen (secondary N) is 2. The molecule has 0 aliphatic carbocycles. The number of alkyl halides is 3. The molecule has 3 rings (SSSR count). The van der Waals surface area contributed by atoms with Crippen molar-refractivity contribution in [1.29, 1.82) is 0 Å². The lowest BCUT2D eigenvalue weighted by atomic mass is 9.90. The molecule has 1 fully saturated rings. The third-order valence-electron chi connectivity index (χ3n) is 6.65. The van der Waals surface area contributed by atoms with Crippen LogP contribution >= 0.6 is 0 Å². The molecule has 6 nitrogen and oxygen atoms in total. The molecule has 0 bridgehead atoms. The maximum Gasteiger partial charge on any atom is 0.404 e. The minimum atomic E-state index is -4.48. The van der Waals surface area contributed by atoms with Gasteiger partial charge in [0.2, 0.25) is 0 Å². The van der Waals surface area contributed by atoms with E-state index in [-0.39, 0.29) is 19.6 Å². The topological polar surface area (TPSA) is 83.5 Å². The number of halogens is 3. The number of aliphatic carboxylic acids is 1. The second kappa shape index (κ2) is 12.6. The number of ether oxygens (including phenoxy) is 1. The van der Waals surface area contributed by atoms with Crippen LogP contribution in [0.2, 0.25) is 0 Å². The molecule has 1 aromatic heterocycles. The van der Waals surface area contributed by atoms with E-state index in [1.165, 1.54) is 5.56 Å². The Kier molecular flexibility index (Phi) is 9.79. The van der Waals surface area contributed by atoms with E-state index in [0.29, 0.717) is 19.3 Å². The first-order valence-electron chi connectivity index (χ1n) is 12.2. The Bertz CT molecular complexity index is 754. The van der Waals surface area contributed by atoms with Crippen molar-refractivity contribution in [2.75, 3.05) is 25.1 Å². The van der Waals surface area contributed by atoms with E-state index < -0.39 is 30.1 Å². The summed E-state index contributed by atoms with van der Waals surface area (Å²) in [6.07, 6.45) is 3.71. The van der Waals surface area contributed by atoms with Gasteiger partial charge in [-0.15, -0.1) is 0 Å². The van der Waals surface area contributed by atoms with Crippen LogP contribution in [0.5, 0.6) is 0 Å². The van der Waals surface area contributed by atoms with Gasteiger partial charge in [-0.2, -0.15) is 13.2 Å². The maximum absolute atomic E-state index is 13.6. The number of carboxylic acid groups (broad SMARTS) is 1. The first-order chi connectivity index (χ1) is 15.8. The van der Waals surface area contributed by atoms with Crippen LogP contribution in [0, 0.1) is 5.92 Å². The normalized spacial score (nSPS) is 18.9. The molecule has 1 aromatic rings. The molecule has 1 unspecified atom stereocenters. The number of aryl methyl sites for hydroxylation is 2. The molecule has 0 amide bonds. The molecule has 2 aliphatic heterocycles. The highest BCUT2D eigenvalue weighted by atomic mass is 19.4. The van der Waals surface area contributed by atoms with E-state index >= 15 is 0 Å². The highest BCUT2D eigenvalue weighted by Gasteiger charge is 2.46. The van der Waals surface area contributed by atoms with Gasteiger partial charge in [-0.05, 0) is 62.5 Å². The molecule has 2 atom stereocenters. The summed E-state index contributed by atoms with van der Waals surface area (Å²) < 4.78 is 45.9. The minimum absolute atomic E-state index is 0.198. The molecular weight excluding hydrogens is 435 g/mol. The fraction of sp³-hybridized carbons (Fsp3) is 0.750. The molecule has 3 N–H and O–H groups in total. The van der Waals surface area contributed by atoms with Gasteiger partial charge in [-0.3, -0.25) is 10.1 Å². The molecule has 9 heteroatoms. The number of pyridine rings is 1. The maximum atomic E-state index is 13.6. The van der Waals surface area contributed by atoms with Gasteiger partial charge in [0, 0.05) is 25.5 Å². The fourth-order valence-electron chi connectivity index (χ4n) is 4.73. The number of fused-ring (bicyclic) bond motifs is 1. The smallest absolute Gasteiger partial charge is 0.404 e. The van der Waals surface area contributed by atoms with Crippen molar-refractivity contribution in [1.82, 2.24) is 10.3 Å². The van der Waals surface area contributed by atoms with Crippen molar-refractivity contribution in [2.45, 2.75) is 88.9 Å². The molecule has 0 spiro atoms. The van der Waals surface area contributed by atoms with Crippen LogP contribution in [0.15, 0.2) is 12.1 Å². The second-order valence-corrected chi connectivity index (χ2v) is 9.17. The van der Waals surface area contributed by atoms with Crippen LogP contribution in [0.4, 0.5) is 19.0 Å². The molecule has 1 saturated heterocycles. The first kappa shape index (κ1) is 25.7. The van der Waals surface area contributed by atoms with Crippen LogP contribution in [0.25, 0.3) is 0 Å². The second-order valence-electron chi connectivity index (χ2n) is 9.17. The number of carboxylic acids is 1. The van der Waals surface area contributed by atoms with Gasteiger partial charge in [0.25, 0.3) is 0 Å². The van der Waals surface area contributed by atoms with E-state index in [1.807, 2.05) is 0 Å². The molecule has 33 heavy (non-hydrogen) atoms. The van der Waals surface area contributed by atoms with Crippen molar-refractivity contribution < 1.29 is 27.8 Å². The fourth-order valence-corrected chi connectivity index (χ4v) is 4.73. The van der Waals surface area contributed by atoms with Gasteiger partial charge in [-0.25, -0.2) is 4.98 Å². The summed E-state index contributed by atoms with van der Waals surface area (Å²) in [6.45, 7) is 1.54. The molecule has 186 valence electrons. The minimum Gasteiger partial charge on any atom is -0.480 e. The zero-order valence-corrected chi connectivity index (χ0v) is 19.1. The summed E-state index contributed by atoms with van der Waals surface area (Å²) in [5, 5.41) is 15.2. The van der Waals surface area contributed by atoms with Gasteiger partial charge in [0.05, 0.1) is 0 Å². The summed E-state index contributed by atoms with van der Waals surface area (Å²) in [6, 6.07) is 1.25. The average molecular weight is 472 g/mol. The first-order valence-corrected chi connectivity index (χ1v) is 12.2. The Hall–Kier alpha value is -1.87. The van der Waals surface area contributed by atoms with Gasteiger partial charge < -0.3 is 15.2 Å². The number of anilines is 1. The number of unbranched alkanes of at least 4 members (excludes halogenated alkanes) is 4. The van der Waals surface area contributed by atoms with Crippen LogP contribution in [-0.4, -0.2) is 54.1 Å². The summed E-state index contributed by atoms with van der Waals surface area (Å²) in [5.74, 6) is -0.861. The average Bonchev–Trinajstić information content (AvgIpc) is 2.79. The van der Waals surface area contributed by atoms with Gasteiger partial charge in [0.1, 0.15) is 17.9 Å². The van der Waals surface area contributed by atoms with Gasteiger partial charge >= 0.3 is 12.1 Å². The Balaban J connectivity index is 1.36. The van der Waals surface area contributed by atoms with Crippen LogP contribution in [-0.2, 0) is 22.4 Å². The number of nitrogens with zero attached hydrogens (tertiary/aromatic N) is 1. The van der Waals surface area contributed by atoms with Crippen molar-refractivity contribution >= 4 is 11.8 Å². The van der Waals surface area contributed by atoms with E-state index in [1.54, 1.807) is 0 Å². The lowest BCUT2D eigenvalue weighted by Gasteiger charge is -2.34. The van der Waals surface area contributed by atoms with E-state index in [2.05, 4.69) is 22.8 Å². The Morgan fingerprint density at radius 1 is 1.18 bits per heavy atom. The van der Waals surface area contributed by atoms with E-state index in [4.69, 9.17) is 9.72 Å². The molecule has 3 heterocycles. The van der Waals surface area contributed by atoms with Crippen molar-refractivity contribution in [2.24, 2.45) is 5.92 Å². The number of aromatic nitrogens is 1. The van der Waals surface area contributed by atoms with E-state index in [0.717, 1.165) is 63.0 Å². The van der Waals surface area contributed by atoms with Crippen LogP contribution < -0.4 is 10.6 Å². The number of carbonyl (C=O) groups is 1. The standard InChI is InChI=1S/C24H36F3N3O3/c25-24(26,27)21(17-12-15-33-16-13-17)30-20(23(31)32)9-5-3-1-2-4-8-19-11-10-18-7-6-14-28-22(18)29-19/h10-11,17,20-21,30H,1-9,12-16H2,(H,28,29)(H,31,32)/t20-,21?/m0/s1. The van der Waals surface area contributed by atoms with Crippen molar-refractivity contribution in [3.8, 4) is 0 Å². The zero-order valence-electron chi connectivity index (χ0n) is 19.1. The summed E-state index contributed by atoms with van der Waals surface area (Å²) in [4.78, 5) is 16.3. The quantitative estimate of drug-likeness (QED) is 0.383. The molecular formula is C24H36F3N3O3. The number of hydrogen-bond donors (Lipinski definition) is 3. The SMILES string of the molecule is O=C(O)[C@H](CCCCCCCc1ccc2c(n1)NCCC2)NC(C1CCOCC1)C(F)(F)F. The Labute approximate surface area is 193 Å².